The van der Waals surface area contributed by atoms with Crippen LogP contribution in [0.2, 0.25) is 0 Å². The van der Waals surface area contributed by atoms with Crippen LogP contribution >= 0.6 is 0 Å². The minimum absolute atomic E-state index is 0.00286. The van der Waals surface area contributed by atoms with E-state index >= 15 is 0 Å². The van der Waals surface area contributed by atoms with Crippen molar-refractivity contribution in [3.8, 4) is 0 Å². The predicted molar refractivity (Wildman–Crippen MR) is 87.0 cm³/mol. The third-order valence-electron chi connectivity index (χ3n) is 3.69. The lowest BCUT2D eigenvalue weighted by atomic mass is 9.84. The molecule has 2 aromatic carbocycles. The van der Waals surface area contributed by atoms with Crippen LogP contribution < -0.4 is 11.1 Å². The van der Waals surface area contributed by atoms with Gasteiger partial charge in [-0.3, -0.25) is 4.79 Å². The first-order chi connectivity index (χ1) is 9.99. The molecule has 0 unspecified atom stereocenters. The van der Waals surface area contributed by atoms with Gasteiger partial charge in [-0.15, -0.1) is 0 Å². The Morgan fingerprint density at radius 1 is 1.05 bits per heavy atom. The number of benzene rings is 2. The third-order valence-corrected chi connectivity index (χ3v) is 3.69. The van der Waals surface area contributed by atoms with Crippen molar-refractivity contribution >= 4 is 11.6 Å². The molecule has 21 heavy (non-hydrogen) atoms. The van der Waals surface area contributed by atoms with Gasteiger partial charge in [0.05, 0.1) is 6.42 Å². The smallest absolute Gasteiger partial charge is 0.224 e. The molecule has 0 spiro atoms. The molecule has 2 rings (SSSR count). The van der Waals surface area contributed by atoms with Gasteiger partial charge >= 0.3 is 0 Å². The van der Waals surface area contributed by atoms with Crippen molar-refractivity contribution in [2.75, 3.05) is 12.3 Å². The average molecular weight is 282 g/mol. The van der Waals surface area contributed by atoms with E-state index in [1.165, 1.54) is 5.56 Å². The summed E-state index contributed by atoms with van der Waals surface area (Å²) in [6, 6.07) is 17.7. The maximum Gasteiger partial charge on any atom is 0.224 e. The zero-order valence-electron chi connectivity index (χ0n) is 12.6. The van der Waals surface area contributed by atoms with Gasteiger partial charge in [-0.2, -0.15) is 0 Å². The topological polar surface area (TPSA) is 55.1 Å². The molecule has 0 aliphatic heterocycles. The van der Waals surface area contributed by atoms with Crippen LogP contribution in [0.5, 0.6) is 0 Å². The van der Waals surface area contributed by atoms with Gasteiger partial charge < -0.3 is 11.1 Å². The van der Waals surface area contributed by atoms with Gasteiger partial charge in [0.15, 0.2) is 0 Å². The summed E-state index contributed by atoms with van der Waals surface area (Å²) in [7, 11) is 0. The minimum Gasteiger partial charge on any atom is -0.398 e. The maximum atomic E-state index is 12.1. The Balaban J connectivity index is 1.94. The molecule has 3 N–H and O–H groups in total. The van der Waals surface area contributed by atoms with Gasteiger partial charge in [0.25, 0.3) is 0 Å². The molecular formula is C18H22N2O. The zero-order valence-corrected chi connectivity index (χ0v) is 12.6. The quantitative estimate of drug-likeness (QED) is 0.828. The normalized spacial score (nSPS) is 11.1. The molecule has 110 valence electrons. The SMILES string of the molecule is CC(C)(CNC(=O)Cc1ccccc1N)c1ccccc1. The lowest BCUT2D eigenvalue weighted by Crippen LogP contribution is -2.37. The highest BCUT2D eigenvalue weighted by Gasteiger charge is 2.21. The summed E-state index contributed by atoms with van der Waals surface area (Å²) < 4.78 is 0. The van der Waals surface area contributed by atoms with Crippen molar-refractivity contribution in [3.05, 3.63) is 65.7 Å². The predicted octanol–water partition coefficient (Wildman–Crippen LogP) is 2.91. The number of nitrogen functional groups attached to an aromatic ring is 1. The van der Waals surface area contributed by atoms with E-state index in [4.69, 9.17) is 5.73 Å². The fourth-order valence-corrected chi connectivity index (χ4v) is 2.24. The molecule has 0 saturated carbocycles. The van der Waals surface area contributed by atoms with Gasteiger partial charge in [-0.1, -0.05) is 62.4 Å². The average Bonchev–Trinajstić information content (AvgIpc) is 2.49. The molecular weight excluding hydrogens is 260 g/mol. The number of amides is 1. The van der Waals surface area contributed by atoms with Crippen LogP contribution in [0.4, 0.5) is 5.69 Å². The third kappa shape index (κ3) is 4.09. The maximum absolute atomic E-state index is 12.1. The van der Waals surface area contributed by atoms with E-state index in [1.807, 2.05) is 42.5 Å². The molecule has 2 aromatic rings. The number of para-hydroxylation sites is 1. The van der Waals surface area contributed by atoms with Crippen LogP contribution in [0.1, 0.15) is 25.0 Å². The Bertz CT molecular complexity index is 606. The van der Waals surface area contributed by atoms with E-state index in [2.05, 4.69) is 31.3 Å². The van der Waals surface area contributed by atoms with E-state index in [1.54, 1.807) is 0 Å². The van der Waals surface area contributed by atoms with Crippen LogP contribution in [0.3, 0.4) is 0 Å². The van der Waals surface area contributed by atoms with Crippen LogP contribution in [-0.4, -0.2) is 12.5 Å². The molecule has 0 saturated heterocycles. The Kier molecular flexibility index (Phi) is 4.63. The molecule has 0 aliphatic carbocycles. The monoisotopic (exact) mass is 282 g/mol. The van der Waals surface area contributed by atoms with Crippen molar-refractivity contribution < 1.29 is 4.79 Å². The number of anilines is 1. The van der Waals surface area contributed by atoms with Gasteiger partial charge in [-0.25, -0.2) is 0 Å². The minimum atomic E-state index is -0.0981. The van der Waals surface area contributed by atoms with Crippen molar-refractivity contribution in [3.63, 3.8) is 0 Å². The largest absolute Gasteiger partial charge is 0.398 e. The fraction of sp³-hybridized carbons (Fsp3) is 0.278. The summed E-state index contributed by atoms with van der Waals surface area (Å²) in [6.45, 7) is 4.85. The van der Waals surface area contributed by atoms with Crippen LogP contribution in [0.25, 0.3) is 0 Å². The van der Waals surface area contributed by atoms with E-state index in [0.29, 0.717) is 18.7 Å². The fourth-order valence-electron chi connectivity index (χ4n) is 2.24. The summed E-state index contributed by atoms with van der Waals surface area (Å²) in [4.78, 5) is 12.1. The lowest BCUT2D eigenvalue weighted by molar-refractivity contribution is -0.120. The summed E-state index contributed by atoms with van der Waals surface area (Å²) in [6.07, 6.45) is 0.317. The van der Waals surface area contributed by atoms with E-state index in [9.17, 15) is 4.79 Å². The molecule has 0 aliphatic rings. The van der Waals surface area contributed by atoms with Crippen molar-refractivity contribution in [1.82, 2.24) is 5.32 Å². The van der Waals surface area contributed by atoms with Gasteiger partial charge in [0.2, 0.25) is 5.91 Å². The van der Waals surface area contributed by atoms with Crippen molar-refractivity contribution in [2.24, 2.45) is 0 Å². The molecule has 0 fully saturated rings. The Labute approximate surface area is 126 Å². The number of carbonyl (C=O) groups excluding carboxylic acids is 1. The summed E-state index contributed by atoms with van der Waals surface area (Å²) in [5.74, 6) is -0.00286. The number of nitrogens with one attached hydrogen (secondary N) is 1. The number of nitrogens with two attached hydrogens (primary N) is 1. The molecule has 3 heteroatoms. The second-order valence-electron chi connectivity index (χ2n) is 5.90. The standard InChI is InChI=1S/C18H22N2O/c1-18(2,15-9-4-3-5-10-15)13-20-17(21)12-14-8-6-7-11-16(14)19/h3-11H,12-13,19H2,1-2H3,(H,20,21). The van der Waals surface area contributed by atoms with Crippen LogP contribution in [-0.2, 0) is 16.6 Å². The van der Waals surface area contributed by atoms with E-state index in [0.717, 1.165) is 5.56 Å². The Morgan fingerprint density at radius 2 is 1.67 bits per heavy atom. The zero-order chi connectivity index (χ0) is 15.3. The van der Waals surface area contributed by atoms with E-state index in [-0.39, 0.29) is 11.3 Å². The number of hydrogen-bond acceptors (Lipinski definition) is 2. The summed E-state index contributed by atoms with van der Waals surface area (Å²) in [5, 5.41) is 3.00. The summed E-state index contributed by atoms with van der Waals surface area (Å²) in [5.41, 5.74) is 8.51. The number of rotatable bonds is 5. The second-order valence-corrected chi connectivity index (χ2v) is 5.90. The Hall–Kier alpha value is -2.29. The van der Waals surface area contributed by atoms with Gasteiger partial charge in [0.1, 0.15) is 0 Å². The first-order valence-electron chi connectivity index (χ1n) is 7.15. The van der Waals surface area contributed by atoms with E-state index < -0.39 is 0 Å². The first-order valence-corrected chi connectivity index (χ1v) is 7.15. The highest BCUT2D eigenvalue weighted by molar-refractivity contribution is 5.80. The van der Waals surface area contributed by atoms with Crippen LogP contribution in [0.15, 0.2) is 54.6 Å². The molecule has 0 bridgehead atoms. The molecule has 1 amide bonds. The van der Waals surface area contributed by atoms with Crippen LogP contribution in [0, 0.1) is 0 Å². The summed E-state index contributed by atoms with van der Waals surface area (Å²) >= 11 is 0. The number of carbonyl (C=O) groups is 1. The molecule has 0 radical (unpaired) electrons. The molecule has 3 nitrogen and oxygen atoms in total. The Morgan fingerprint density at radius 3 is 2.33 bits per heavy atom. The molecule has 0 atom stereocenters. The molecule has 0 aromatic heterocycles. The highest BCUT2D eigenvalue weighted by Crippen LogP contribution is 2.21. The van der Waals surface area contributed by atoms with Gasteiger partial charge in [-0.05, 0) is 17.2 Å². The van der Waals surface area contributed by atoms with Gasteiger partial charge in [0, 0.05) is 17.6 Å². The van der Waals surface area contributed by atoms with Crippen molar-refractivity contribution in [1.29, 1.82) is 0 Å². The highest BCUT2D eigenvalue weighted by atomic mass is 16.1. The van der Waals surface area contributed by atoms with Crippen molar-refractivity contribution in [2.45, 2.75) is 25.7 Å². The first kappa shape index (κ1) is 15.1. The molecule has 0 heterocycles. The lowest BCUT2D eigenvalue weighted by Gasteiger charge is -2.25. The second kappa shape index (κ2) is 6.44. The number of hydrogen-bond donors (Lipinski definition) is 2.